The first-order valence-corrected chi connectivity index (χ1v) is 12.1. The molecule has 5 nitrogen and oxygen atoms in total. The van der Waals surface area contributed by atoms with Crippen LogP contribution in [-0.2, 0) is 0 Å². The van der Waals surface area contributed by atoms with Crippen LogP contribution in [0.1, 0.15) is 37.3 Å². The lowest BCUT2D eigenvalue weighted by atomic mass is 9.73. The topological polar surface area (TPSA) is 52.2 Å². The molecule has 3 N–H and O–H groups in total. The first-order valence-electron chi connectivity index (χ1n) is 11.7. The Hall–Kier alpha value is -2.02. The minimum atomic E-state index is 0.137. The van der Waals surface area contributed by atoms with Gasteiger partial charge in [0.25, 0.3) is 0 Å². The molecule has 4 aliphatic heterocycles. The van der Waals surface area contributed by atoms with E-state index in [0.29, 0.717) is 23.9 Å². The van der Waals surface area contributed by atoms with Crippen molar-refractivity contribution in [2.24, 2.45) is 11.8 Å². The molecule has 164 valence electrons. The molecule has 4 saturated heterocycles. The predicted molar refractivity (Wildman–Crippen MR) is 131 cm³/mol. The molecule has 1 aromatic heterocycles. The molecule has 4 aliphatic rings. The van der Waals surface area contributed by atoms with Gasteiger partial charge in [-0.05, 0) is 80.5 Å². The second-order valence-corrected chi connectivity index (χ2v) is 9.70. The maximum atomic E-state index is 5.79. The number of hydrogen-bond acceptors (Lipinski definition) is 4. The third-order valence-corrected chi connectivity index (χ3v) is 7.78. The fourth-order valence-corrected chi connectivity index (χ4v) is 6.04. The largest absolute Gasteiger partial charge is 0.361 e. The number of para-hydroxylation sites is 1. The highest BCUT2D eigenvalue weighted by Crippen LogP contribution is 2.42. The molecule has 6 atom stereocenters. The number of benzene rings is 1. The van der Waals surface area contributed by atoms with E-state index in [4.69, 9.17) is 12.2 Å². The Morgan fingerprint density at radius 3 is 3.00 bits per heavy atom. The highest BCUT2D eigenvalue weighted by molar-refractivity contribution is 7.80. The van der Waals surface area contributed by atoms with Crippen LogP contribution in [0.4, 0.5) is 0 Å². The van der Waals surface area contributed by atoms with E-state index in [2.05, 4.69) is 68.8 Å². The number of rotatable bonds is 6. The van der Waals surface area contributed by atoms with Gasteiger partial charge in [0.2, 0.25) is 0 Å². The summed E-state index contributed by atoms with van der Waals surface area (Å²) in [5.41, 5.74) is 2.34. The van der Waals surface area contributed by atoms with Gasteiger partial charge in [0.05, 0.1) is 11.6 Å². The van der Waals surface area contributed by atoms with E-state index >= 15 is 0 Å². The maximum absolute atomic E-state index is 5.79. The van der Waals surface area contributed by atoms with Crippen LogP contribution < -0.4 is 16.0 Å². The molecular formula is C25H33N5S. The van der Waals surface area contributed by atoms with Crippen molar-refractivity contribution in [3.63, 3.8) is 0 Å². The van der Waals surface area contributed by atoms with Gasteiger partial charge in [-0.2, -0.15) is 0 Å². The third-order valence-electron chi connectivity index (χ3n) is 7.51. The fourth-order valence-electron chi connectivity index (χ4n) is 5.83. The Kier molecular flexibility index (Phi) is 6.21. The van der Waals surface area contributed by atoms with Gasteiger partial charge in [-0.3, -0.25) is 9.88 Å². The number of fused-ring (bicyclic) bond motifs is 4. The van der Waals surface area contributed by atoms with Crippen molar-refractivity contribution in [2.75, 3.05) is 26.2 Å². The van der Waals surface area contributed by atoms with Crippen molar-refractivity contribution in [1.29, 1.82) is 0 Å². The number of pyridine rings is 1. The molecule has 0 radical (unpaired) electrons. The van der Waals surface area contributed by atoms with Gasteiger partial charge in [0, 0.05) is 36.8 Å². The highest BCUT2D eigenvalue weighted by Gasteiger charge is 2.43. The lowest BCUT2D eigenvalue weighted by Gasteiger charge is -2.52. The lowest BCUT2D eigenvalue weighted by molar-refractivity contribution is 0.00430. The van der Waals surface area contributed by atoms with Crippen LogP contribution in [0.5, 0.6) is 0 Å². The number of aromatic nitrogens is 1. The molecule has 5 unspecified atom stereocenters. The number of piperidine rings is 3. The molecule has 6 rings (SSSR count). The second-order valence-electron chi connectivity index (χ2n) is 9.29. The fraction of sp³-hybridized carbons (Fsp3) is 0.520. The number of nitrogens with one attached hydrogen (secondary N) is 3. The molecular weight excluding hydrogens is 402 g/mol. The van der Waals surface area contributed by atoms with Crippen molar-refractivity contribution in [1.82, 2.24) is 25.8 Å². The third kappa shape index (κ3) is 4.34. The van der Waals surface area contributed by atoms with Crippen LogP contribution in [0.25, 0.3) is 10.9 Å². The maximum Gasteiger partial charge on any atom is 0.166 e. The Morgan fingerprint density at radius 2 is 2.23 bits per heavy atom. The monoisotopic (exact) mass is 435 g/mol. The summed E-state index contributed by atoms with van der Waals surface area (Å²) in [4.78, 5) is 7.25. The summed E-state index contributed by atoms with van der Waals surface area (Å²) in [5, 5.41) is 12.7. The molecule has 1 aromatic carbocycles. The van der Waals surface area contributed by atoms with Gasteiger partial charge in [-0.1, -0.05) is 24.3 Å². The Morgan fingerprint density at radius 1 is 1.32 bits per heavy atom. The van der Waals surface area contributed by atoms with E-state index in [1.165, 1.54) is 36.6 Å². The van der Waals surface area contributed by atoms with E-state index in [-0.39, 0.29) is 6.04 Å². The van der Waals surface area contributed by atoms with Gasteiger partial charge in [0.1, 0.15) is 0 Å². The first kappa shape index (κ1) is 20.9. The quantitative estimate of drug-likeness (QED) is 0.478. The van der Waals surface area contributed by atoms with Crippen molar-refractivity contribution in [3.05, 3.63) is 54.7 Å². The summed E-state index contributed by atoms with van der Waals surface area (Å²) in [6.07, 6.45) is 9.02. The average Bonchev–Trinajstić information content (AvgIpc) is 3.35. The summed E-state index contributed by atoms with van der Waals surface area (Å²) < 4.78 is 0. The van der Waals surface area contributed by atoms with Crippen molar-refractivity contribution >= 4 is 28.2 Å². The Labute approximate surface area is 190 Å². The van der Waals surface area contributed by atoms with Crippen LogP contribution in [0.2, 0.25) is 0 Å². The molecule has 4 fully saturated rings. The lowest BCUT2D eigenvalue weighted by Crippen LogP contribution is -2.58. The zero-order valence-corrected chi connectivity index (χ0v) is 18.9. The number of hydrogen-bond donors (Lipinski definition) is 3. The normalized spacial score (nSPS) is 30.8. The highest BCUT2D eigenvalue weighted by atomic mass is 32.1. The smallest absolute Gasteiger partial charge is 0.166 e. The average molecular weight is 436 g/mol. The van der Waals surface area contributed by atoms with Gasteiger partial charge >= 0.3 is 0 Å². The molecule has 0 saturated carbocycles. The summed E-state index contributed by atoms with van der Waals surface area (Å²) in [5.74, 6) is 1.33. The minimum absolute atomic E-state index is 0.137. The SMILES string of the molecule is C=CC1CN2CCC1CC2C(NC(=S)NC[C@@H]1CCCN1)c1ccnc2ccccc12. The predicted octanol–water partition coefficient (Wildman–Crippen LogP) is 3.39. The van der Waals surface area contributed by atoms with E-state index in [1.54, 1.807) is 0 Å². The molecule has 0 aliphatic carbocycles. The zero-order chi connectivity index (χ0) is 21.2. The molecule has 0 spiro atoms. The van der Waals surface area contributed by atoms with Crippen molar-refractivity contribution in [2.45, 2.75) is 43.8 Å². The Bertz CT molecular complexity index is 935. The molecule has 2 aromatic rings. The van der Waals surface area contributed by atoms with E-state index in [9.17, 15) is 0 Å². The van der Waals surface area contributed by atoms with Crippen LogP contribution in [0.3, 0.4) is 0 Å². The van der Waals surface area contributed by atoms with Gasteiger partial charge in [-0.15, -0.1) is 6.58 Å². The second kappa shape index (κ2) is 9.23. The van der Waals surface area contributed by atoms with Gasteiger partial charge in [0.15, 0.2) is 5.11 Å². The number of thiocarbonyl (C=S) groups is 1. The summed E-state index contributed by atoms with van der Waals surface area (Å²) in [7, 11) is 0. The molecule has 2 bridgehead atoms. The van der Waals surface area contributed by atoms with Crippen LogP contribution in [0.15, 0.2) is 49.2 Å². The molecule has 0 amide bonds. The standard InChI is InChI=1S/C25H33N5S/c1-2-17-16-30-13-10-18(17)14-23(30)24(29-25(31)28-15-19-6-5-11-26-19)21-9-12-27-22-8-4-3-7-20(21)22/h2-4,7-9,12,17-19,23-24,26H,1,5-6,10-11,13-16H2,(H2,28,29,31)/t17?,18?,19-,23?,24?/m0/s1. The number of nitrogens with zero attached hydrogens (tertiary/aromatic N) is 2. The summed E-state index contributed by atoms with van der Waals surface area (Å²) in [6.45, 7) is 8.35. The van der Waals surface area contributed by atoms with Crippen LogP contribution >= 0.6 is 12.2 Å². The Balaban J connectivity index is 1.41. The van der Waals surface area contributed by atoms with Crippen LogP contribution in [-0.4, -0.2) is 53.3 Å². The minimum Gasteiger partial charge on any atom is -0.361 e. The van der Waals surface area contributed by atoms with Crippen molar-refractivity contribution < 1.29 is 0 Å². The molecule has 6 heteroatoms. The molecule has 31 heavy (non-hydrogen) atoms. The summed E-state index contributed by atoms with van der Waals surface area (Å²) >= 11 is 5.79. The van der Waals surface area contributed by atoms with Gasteiger partial charge < -0.3 is 16.0 Å². The summed E-state index contributed by atoms with van der Waals surface area (Å²) in [6, 6.07) is 11.7. The zero-order valence-electron chi connectivity index (χ0n) is 18.1. The first-order chi connectivity index (χ1) is 15.2. The van der Waals surface area contributed by atoms with Crippen LogP contribution in [0, 0.1) is 11.8 Å². The van der Waals surface area contributed by atoms with E-state index in [0.717, 1.165) is 36.8 Å². The van der Waals surface area contributed by atoms with E-state index in [1.807, 2.05) is 6.20 Å². The van der Waals surface area contributed by atoms with Gasteiger partial charge in [-0.25, -0.2) is 0 Å². The molecule has 5 heterocycles. The van der Waals surface area contributed by atoms with E-state index < -0.39 is 0 Å². The van der Waals surface area contributed by atoms with Crippen molar-refractivity contribution in [3.8, 4) is 0 Å².